The van der Waals surface area contributed by atoms with Gasteiger partial charge in [0.2, 0.25) is 0 Å². The number of thioether (sulfide) groups is 1. The topological polar surface area (TPSA) is 38.3 Å². The van der Waals surface area contributed by atoms with Crippen LogP contribution in [-0.4, -0.2) is 24.8 Å². The fourth-order valence-corrected chi connectivity index (χ4v) is 3.23. The molecule has 0 atom stereocenters. The molecule has 0 spiro atoms. The molecule has 0 aliphatic heterocycles. The molecule has 0 aliphatic rings. The molecular formula is C17H16Cl2FNO2S. The van der Waals surface area contributed by atoms with E-state index in [1.165, 1.54) is 24.3 Å². The predicted octanol–water partition coefficient (Wildman–Crippen LogP) is 4.56. The van der Waals surface area contributed by atoms with E-state index in [1.54, 1.807) is 23.9 Å². The van der Waals surface area contributed by atoms with Crippen molar-refractivity contribution >= 4 is 40.9 Å². The normalized spacial score (nSPS) is 10.5. The van der Waals surface area contributed by atoms with Crippen molar-refractivity contribution in [3.05, 3.63) is 63.9 Å². The summed E-state index contributed by atoms with van der Waals surface area (Å²) in [5.74, 6) is 1.39. The van der Waals surface area contributed by atoms with Crippen molar-refractivity contribution in [1.82, 2.24) is 5.32 Å². The van der Waals surface area contributed by atoms with Crippen LogP contribution in [0.15, 0.2) is 42.5 Å². The zero-order valence-electron chi connectivity index (χ0n) is 12.7. The van der Waals surface area contributed by atoms with E-state index >= 15 is 0 Å². The van der Waals surface area contributed by atoms with Crippen LogP contribution in [0.25, 0.3) is 0 Å². The number of halogens is 3. The lowest BCUT2D eigenvalue weighted by molar-refractivity contribution is -0.122. The van der Waals surface area contributed by atoms with E-state index in [-0.39, 0.29) is 18.3 Å². The molecule has 0 unspecified atom stereocenters. The lowest BCUT2D eigenvalue weighted by atomic mass is 10.2. The van der Waals surface area contributed by atoms with Crippen molar-refractivity contribution in [2.75, 3.05) is 18.9 Å². The number of amides is 1. The van der Waals surface area contributed by atoms with Crippen molar-refractivity contribution in [3.8, 4) is 5.75 Å². The Morgan fingerprint density at radius 1 is 1.17 bits per heavy atom. The highest BCUT2D eigenvalue weighted by Gasteiger charge is 2.04. The Morgan fingerprint density at radius 2 is 1.92 bits per heavy atom. The molecule has 2 aromatic carbocycles. The Hall–Kier alpha value is -1.43. The van der Waals surface area contributed by atoms with Gasteiger partial charge in [-0.05, 0) is 42.0 Å². The van der Waals surface area contributed by atoms with Gasteiger partial charge in [-0.1, -0.05) is 29.3 Å². The smallest absolute Gasteiger partial charge is 0.257 e. The Kier molecular flexibility index (Phi) is 7.69. The molecule has 0 saturated heterocycles. The first kappa shape index (κ1) is 18.9. The van der Waals surface area contributed by atoms with Crippen LogP contribution in [0.3, 0.4) is 0 Å². The molecule has 0 aliphatic carbocycles. The molecular weight excluding hydrogens is 372 g/mol. The molecule has 0 aromatic heterocycles. The molecule has 7 heteroatoms. The lowest BCUT2D eigenvalue weighted by Crippen LogP contribution is -2.30. The molecule has 2 rings (SSSR count). The maximum absolute atomic E-state index is 12.7. The first-order valence-corrected chi connectivity index (χ1v) is 9.12. The largest absolute Gasteiger partial charge is 0.484 e. The van der Waals surface area contributed by atoms with Crippen molar-refractivity contribution in [2.24, 2.45) is 0 Å². The molecule has 0 saturated carbocycles. The first-order valence-electron chi connectivity index (χ1n) is 7.21. The maximum atomic E-state index is 12.7. The highest BCUT2D eigenvalue weighted by molar-refractivity contribution is 7.98. The van der Waals surface area contributed by atoms with E-state index in [4.69, 9.17) is 27.9 Å². The summed E-state index contributed by atoms with van der Waals surface area (Å²) in [4.78, 5) is 11.7. The molecule has 3 nitrogen and oxygen atoms in total. The standard InChI is InChI=1S/C17H16Cl2FNO2S/c18-13-2-1-12(16(19)9-13)11-24-8-7-21-17(22)10-23-15-5-3-14(20)4-6-15/h1-6,9H,7-8,10-11H2,(H,21,22). The summed E-state index contributed by atoms with van der Waals surface area (Å²) in [7, 11) is 0. The third-order valence-corrected chi connectivity index (χ3v) is 4.62. The van der Waals surface area contributed by atoms with Gasteiger partial charge in [0.15, 0.2) is 6.61 Å². The molecule has 0 radical (unpaired) electrons. The van der Waals surface area contributed by atoms with Gasteiger partial charge in [0.25, 0.3) is 5.91 Å². The van der Waals surface area contributed by atoms with E-state index in [9.17, 15) is 9.18 Å². The van der Waals surface area contributed by atoms with Gasteiger partial charge in [-0.15, -0.1) is 0 Å². The Balaban J connectivity index is 1.60. The van der Waals surface area contributed by atoms with Crippen LogP contribution >= 0.6 is 35.0 Å². The van der Waals surface area contributed by atoms with E-state index in [1.807, 2.05) is 6.07 Å². The van der Waals surface area contributed by atoms with Crippen LogP contribution in [0.4, 0.5) is 4.39 Å². The second kappa shape index (κ2) is 9.77. The summed E-state index contributed by atoms with van der Waals surface area (Å²) in [5.41, 5.74) is 1.01. The van der Waals surface area contributed by atoms with Gasteiger partial charge in [-0.2, -0.15) is 11.8 Å². The average molecular weight is 388 g/mol. The lowest BCUT2D eigenvalue weighted by Gasteiger charge is -2.08. The maximum Gasteiger partial charge on any atom is 0.257 e. The van der Waals surface area contributed by atoms with Gasteiger partial charge < -0.3 is 10.1 Å². The first-order chi connectivity index (χ1) is 11.5. The Bertz CT molecular complexity index is 683. The third-order valence-electron chi connectivity index (χ3n) is 3.02. The third kappa shape index (κ3) is 6.59. The van der Waals surface area contributed by atoms with E-state index in [0.29, 0.717) is 22.3 Å². The molecule has 2 aromatic rings. The number of carbonyl (C=O) groups excluding carboxylic acids is 1. The van der Waals surface area contributed by atoms with Gasteiger partial charge in [0.05, 0.1) is 0 Å². The summed E-state index contributed by atoms with van der Waals surface area (Å²) in [5, 5.41) is 4.02. The van der Waals surface area contributed by atoms with Crippen molar-refractivity contribution < 1.29 is 13.9 Å². The van der Waals surface area contributed by atoms with E-state index < -0.39 is 0 Å². The van der Waals surface area contributed by atoms with Crippen LogP contribution in [0.2, 0.25) is 10.0 Å². The summed E-state index contributed by atoms with van der Waals surface area (Å²) >= 11 is 13.6. The van der Waals surface area contributed by atoms with E-state index in [2.05, 4.69) is 5.32 Å². The van der Waals surface area contributed by atoms with Crippen LogP contribution in [0, 0.1) is 5.82 Å². The molecule has 1 amide bonds. The second-order valence-corrected chi connectivity index (χ2v) is 6.83. The summed E-state index contributed by atoms with van der Waals surface area (Å²) in [6, 6.07) is 10.9. The summed E-state index contributed by atoms with van der Waals surface area (Å²) in [6.07, 6.45) is 0. The van der Waals surface area contributed by atoms with Crippen molar-refractivity contribution in [3.63, 3.8) is 0 Å². The van der Waals surface area contributed by atoms with Crippen molar-refractivity contribution in [1.29, 1.82) is 0 Å². The van der Waals surface area contributed by atoms with Gasteiger partial charge in [0, 0.05) is 28.1 Å². The number of hydrogen-bond acceptors (Lipinski definition) is 3. The minimum Gasteiger partial charge on any atom is -0.484 e. The van der Waals surface area contributed by atoms with Crippen LogP contribution in [0.1, 0.15) is 5.56 Å². The summed E-state index contributed by atoms with van der Waals surface area (Å²) < 4.78 is 18.0. The van der Waals surface area contributed by atoms with E-state index in [0.717, 1.165) is 17.1 Å². The number of hydrogen-bond donors (Lipinski definition) is 1. The molecule has 0 fully saturated rings. The monoisotopic (exact) mass is 387 g/mol. The molecule has 0 bridgehead atoms. The quantitative estimate of drug-likeness (QED) is 0.674. The van der Waals surface area contributed by atoms with Crippen LogP contribution in [0.5, 0.6) is 5.75 Å². The molecule has 0 heterocycles. The second-order valence-electron chi connectivity index (χ2n) is 4.88. The Labute approximate surface area is 154 Å². The van der Waals surface area contributed by atoms with Gasteiger partial charge in [-0.25, -0.2) is 4.39 Å². The van der Waals surface area contributed by atoms with Crippen LogP contribution < -0.4 is 10.1 Å². The zero-order valence-corrected chi connectivity index (χ0v) is 15.1. The summed E-state index contributed by atoms with van der Waals surface area (Å²) in [6.45, 7) is 0.431. The number of carbonyl (C=O) groups is 1. The molecule has 128 valence electrons. The number of nitrogens with one attached hydrogen (secondary N) is 1. The number of ether oxygens (including phenoxy) is 1. The van der Waals surface area contributed by atoms with Gasteiger partial charge >= 0.3 is 0 Å². The fraction of sp³-hybridized carbons (Fsp3) is 0.235. The minimum absolute atomic E-state index is 0.0979. The predicted molar refractivity (Wildman–Crippen MR) is 97.5 cm³/mol. The molecule has 24 heavy (non-hydrogen) atoms. The van der Waals surface area contributed by atoms with Gasteiger partial charge in [-0.3, -0.25) is 4.79 Å². The minimum atomic E-state index is -0.343. The van der Waals surface area contributed by atoms with Gasteiger partial charge in [0.1, 0.15) is 11.6 Å². The van der Waals surface area contributed by atoms with Crippen molar-refractivity contribution in [2.45, 2.75) is 5.75 Å². The zero-order chi connectivity index (χ0) is 17.4. The number of rotatable bonds is 8. The number of benzene rings is 2. The average Bonchev–Trinajstić information content (AvgIpc) is 2.56. The molecule has 1 N–H and O–H groups in total. The SMILES string of the molecule is O=C(COc1ccc(F)cc1)NCCSCc1ccc(Cl)cc1Cl. The highest BCUT2D eigenvalue weighted by atomic mass is 35.5. The fourth-order valence-electron chi connectivity index (χ4n) is 1.81. The van der Waals surface area contributed by atoms with Crippen LogP contribution in [-0.2, 0) is 10.5 Å². The highest BCUT2D eigenvalue weighted by Crippen LogP contribution is 2.24. The Morgan fingerprint density at radius 3 is 2.62 bits per heavy atom.